The number of hydrogen-bond acceptors (Lipinski definition) is 6. The van der Waals surface area contributed by atoms with Crippen LogP contribution in [0.4, 0.5) is 0 Å². The average molecular weight is 330 g/mol. The molecule has 0 aromatic heterocycles. The van der Waals surface area contributed by atoms with Crippen molar-refractivity contribution in [1.82, 2.24) is 4.90 Å². The fraction of sp³-hybridized carbons (Fsp3) is 0.571. The van der Waals surface area contributed by atoms with Crippen LogP contribution in [0.3, 0.4) is 0 Å². The van der Waals surface area contributed by atoms with Crippen LogP contribution in [-0.2, 0) is 22.9 Å². The van der Waals surface area contributed by atoms with Gasteiger partial charge in [-0.3, -0.25) is 4.90 Å². The molecule has 0 bridgehead atoms. The van der Waals surface area contributed by atoms with Gasteiger partial charge in [-0.1, -0.05) is 12.1 Å². The molecule has 1 aromatic rings. The number of benzene rings is 1. The van der Waals surface area contributed by atoms with Crippen LogP contribution in [0.15, 0.2) is 18.2 Å². The SMILES string of the molecule is COc1cc(CN2CCSCC2S(C)(=O)=O)ccc1CN. The van der Waals surface area contributed by atoms with E-state index in [4.69, 9.17) is 10.5 Å². The second-order valence-electron chi connectivity index (χ2n) is 5.18. The van der Waals surface area contributed by atoms with Crippen molar-refractivity contribution in [2.24, 2.45) is 5.73 Å². The van der Waals surface area contributed by atoms with E-state index in [1.165, 1.54) is 6.26 Å². The number of hydrogen-bond donors (Lipinski definition) is 1. The third-order valence-electron chi connectivity index (χ3n) is 3.64. The Bertz CT molecular complexity index is 590. The van der Waals surface area contributed by atoms with Crippen molar-refractivity contribution in [3.05, 3.63) is 29.3 Å². The van der Waals surface area contributed by atoms with Crippen molar-refractivity contribution in [3.63, 3.8) is 0 Å². The Morgan fingerprint density at radius 1 is 1.48 bits per heavy atom. The van der Waals surface area contributed by atoms with E-state index < -0.39 is 15.2 Å². The van der Waals surface area contributed by atoms with Crippen LogP contribution >= 0.6 is 11.8 Å². The van der Waals surface area contributed by atoms with E-state index >= 15 is 0 Å². The molecule has 0 amide bonds. The highest BCUT2D eigenvalue weighted by molar-refractivity contribution is 8.00. The first-order chi connectivity index (χ1) is 9.95. The highest BCUT2D eigenvalue weighted by Gasteiger charge is 2.30. The van der Waals surface area contributed by atoms with E-state index in [9.17, 15) is 8.42 Å². The lowest BCUT2D eigenvalue weighted by molar-refractivity contribution is 0.262. The molecule has 2 rings (SSSR count). The zero-order valence-electron chi connectivity index (χ0n) is 12.4. The van der Waals surface area contributed by atoms with Gasteiger partial charge in [-0.25, -0.2) is 8.42 Å². The number of nitrogens with zero attached hydrogens (tertiary/aromatic N) is 1. The van der Waals surface area contributed by atoms with E-state index in [1.54, 1.807) is 18.9 Å². The zero-order valence-corrected chi connectivity index (χ0v) is 14.0. The average Bonchev–Trinajstić information content (AvgIpc) is 2.46. The standard InChI is InChI=1S/C14H22N2O3S2/c1-19-13-7-11(3-4-12(13)8-15)9-16-5-6-20-10-14(16)21(2,17)18/h3-4,7,14H,5-6,8-10,15H2,1-2H3. The third-order valence-corrected chi connectivity index (χ3v) is 6.33. The van der Waals surface area contributed by atoms with E-state index in [0.29, 0.717) is 18.8 Å². The van der Waals surface area contributed by atoms with Gasteiger partial charge in [0, 0.05) is 43.0 Å². The number of thioether (sulfide) groups is 1. The van der Waals surface area contributed by atoms with Gasteiger partial charge in [0.1, 0.15) is 11.1 Å². The molecule has 1 fully saturated rings. The number of methoxy groups -OCH3 is 1. The molecule has 1 aromatic carbocycles. The van der Waals surface area contributed by atoms with Gasteiger partial charge in [-0.15, -0.1) is 0 Å². The zero-order chi connectivity index (χ0) is 15.5. The maximum absolute atomic E-state index is 11.9. The Morgan fingerprint density at radius 3 is 2.86 bits per heavy atom. The quantitative estimate of drug-likeness (QED) is 0.871. The van der Waals surface area contributed by atoms with Crippen LogP contribution in [0.5, 0.6) is 5.75 Å². The molecule has 7 heteroatoms. The summed E-state index contributed by atoms with van der Waals surface area (Å²) in [5.41, 5.74) is 7.67. The van der Waals surface area contributed by atoms with Crippen molar-refractivity contribution in [2.45, 2.75) is 18.5 Å². The predicted molar refractivity (Wildman–Crippen MR) is 87.3 cm³/mol. The lowest BCUT2D eigenvalue weighted by Crippen LogP contribution is -2.46. The number of rotatable bonds is 5. The summed E-state index contributed by atoms with van der Waals surface area (Å²) in [6.45, 7) is 1.82. The van der Waals surface area contributed by atoms with Crippen LogP contribution in [0.2, 0.25) is 0 Å². The smallest absolute Gasteiger partial charge is 0.164 e. The Hall–Kier alpha value is -0.760. The van der Waals surface area contributed by atoms with Gasteiger partial charge in [0.05, 0.1) is 7.11 Å². The van der Waals surface area contributed by atoms with Crippen LogP contribution in [0, 0.1) is 0 Å². The number of ether oxygens (including phenoxy) is 1. The summed E-state index contributed by atoms with van der Waals surface area (Å²) in [5.74, 6) is 2.36. The minimum Gasteiger partial charge on any atom is -0.496 e. The van der Waals surface area contributed by atoms with Crippen molar-refractivity contribution < 1.29 is 13.2 Å². The fourth-order valence-electron chi connectivity index (χ4n) is 2.48. The summed E-state index contributed by atoms with van der Waals surface area (Å²) in [4.78, 5) is 2.03. The maximum atomic E-state index is 11.9. The van der Waals surface area contributed by atoms with Crippen LogP contribution < -0.4 is 10.5 Å². The minimum absolute atomic E-state index is 0.406. The first kappa shape index (κ1) is 16.6. The second-order valence-corrected chi connectivity index (χ2v) is 8.53. The van der Waals surface area contributed by atoms with Gasteiger partial charge in [0.2, 0.25) is 0 Å². The molecule has 0 saturated carbocycles. The lowest BCUT2D eigenvalue weighted by atomic mass is 10.1. The monoisotopic (exact) mass is 330 g/mol. The van der Waals surface area contributed by atoms with E-state index in [1.807, 2.05) is 23.1 Å². The van der Waals surface area contributed by atoms with Crippen molar-refractivity contribution >= 4 is 21.6 Å². The summed E-state index contributed by atoms with van der Waals surface area (Å²) in [6.07, 6.45) is 1.31. The summed E-state index contributed by atoms with van der Waals surface area (Å²) >= 11 is 1.70. The topological polar surface area (TPSA) is 72.6 Å². The lowest BCUT2D eigenvalue weighted by Gasteiger charge is -2.34. The molecule has 1 saturated heterocycles. The molecular formula is C14H22N2O3S2. The van der Waals surface area contributed by atoms with Gasteiger partial charge in [-0.2, -0.15) is 11.8 Å². The molecule has 5 nitrogen and oxygen atoms in total. The van der Waals surface area contributed by atoms with Crippen LogP contribution in [-0.4, -0.2) is 50.1 Å². The molecule has 1 aliphatic heterocycles. The molecular weight excluding hydrogens is 308 g/mol. The van der Waals surface area contributed by atoms with Gasteiger partial charge >= 0.3 is 0 Å². The second kappa shape index (κ2) is 7.00. The Kier molecular flexibility index (Phi) is 5.54. The summed E-state index contributed by atoms with van der Waals surface area (Å²) < 4.78 is 29.2. The van der Waals surface area contributed by atoms with Gasteiger partial charge in [0.15, 0.2) is 9.84 Å². The van der Waals surface area contributed by atoms with Gasteiger partial charge < -0.3 is 10.5 Å². The Balaban J connectivity index is 2.19. The minimum atomic E-state index is -3.07. The van der Waals surface area contributed by atoms with E-state index in [0.717, 1.165) is 29.2 Å². The highest BCUT2D eigenvalue weighted by Crippen LogP contribution is 2.25. The van der Waals surface area contributed by atoms with Crippen molar-refractivity contribution in [3.8, 4) is 5.75 Å². The summed E-state index contributed by atoms with van der Waals surface area (Å²) in [6, 6.07) is 5.89. The fourth-order valence-corrected chi connectivity index (χ4v) is 5.42. The number of sulfone groups is 1. The van der Waals surface area contributed by atoms with E-state index in [2.05, 4.69) is 0 Å². The molecule has 1 aliphatic rings. The molecule has 21 heavy (non-hydrogen) atoms. The molecule has 0 spiro atoms. The van der Waals surface area contributed by atoms with Gasteiger partial charge in [-0.05, 0) is 11.6 Å². The molecule has 1 atom stereocenters. The molecule has 0 aliphatic carbocycles. The van der Waals surface area contributed by atoms with E-state index in [-0.39, 0.29) is 0 Å². The first-order valence-corrected chi connectivity index (χ1v) is 9.93. The molecule has 0 radical (unpaired) electrons. The molecule has 1 unspecified atom stereocenters. The van der Waals surface area contributed by atoms with Crippen molar-refractivity contribution in [1.29, 1.82) is 0 Å². The molecule has 1 heterocycles. The third kappa shape index (κ3) is 4.12. The maximum Gasteiger partial charge on any atom is 0.164 e. The summed E-state index contributed by atoms with van der Waals surface area (Å²) in [5, 5.41) is -0.406. The summed E-state index contributed by atoms with van der Waals surface area (Å²) in [7, 11) is -1.45. The highest BCUT2D eigenvalue weighted by atomic mass is 32.2. The first-order valence-electron chi connectivity index (χ1n) is 6.82. The normalized spacial score (nSPS) is 20.4. The van der Waals surface area contributed by atoms with Gasteiger partial charge in [0.25, 0.3) is 0 Å². The van der Waals surface area contributed by atoms with Crippen LogP contribution in [0.25, 0.3) is 0 Å². The van der Waals surface area contributed by atoms with Crippen LogP contribution in [0.1, 0.15) is 11.1 Å². The molecule has 2 N–H and O–H groups in total. The largest absolute Gasteiger partial charge is 0.496 e. The number of nitrogens with two attached hydrogens (primary N) is 1. The Labute approximate surface area is 130 Å². The predicted octanol–water partition coefficient (Wildman–Crippen LogP) is 1.07. The Morgan fingerprint density at radius 2 is 2.24 bits per heavy atom. The molecule has 118 valence electrons. The van der Waals surface area contributed by atoms with Crippen molar-refractivity contribution in [2.75, 3.05) is 31.4 Å².